The molecule has 9 nitrogen and oxygen atoms in total. The Morgan fingerprint density at radius 3 is 2.40 bits per heavy atom. The number of nitrogens with zero attached hydrogens (tertiary/aromatic N) is 2. The van der Waals surface area contributed by atoms with Crippen molar-refractivity contribution in [1.29, 1.82) is 0 Å². The van der Waals surface area contributed by atoms with E-state index in [9.17, 15) is 18.3 Å². The second-order valence-corrected chi connectivity index (χ2v) is 13.0. The number of carbonyl (C=O) groups is 1. The standard InChI is InChI=1S/C31H38N4O5S.ClH/c1-19(2)13-23(32-24-16-31(17-24)11-12-31)18-40-27-15-26(28-20(3)7-5-8-21(28)4)33-30(34-27)35-41(38,39)25-10-6-9-22(14-25)29(36)37;/h5-10,14-15,19,23-24,32H,11-13,16-18H2,1-4H3,(H,36,37)(H,33,34,35);1H/t23-;/m1./s1/i11D2,12D2;. The summed E-state index contributed by atoms with van der Waals surface area (Å²) in [6.07, 6.45) is -2.11. The van der Waals surface area contributed by atoms with Crippen molar-refractivity contribution in [3.05, 3.63) is 65.2 Å². The van der Waals surface area contributed by atoms with Gasteiger partial charge in [0.2, 0.25) is 11.8 Å². The van der Waals surface area contributed by atoms with Crippen LogP contribution < -0.4 is 14.8 Å². The first-order valence-electron chi connectivity index (χ1n) is 15.7. The lowest BCUT2D eigenvalue weighted by Gasteiger charge is -2.39. The molecular formula is C31H39ClN4O5S. The maximum absolute atomic E-state index is 13.3. The lowest BCUT2D eigenvalue weighted by atomic mass is 9.76. The molecule has 3 aromatic rings. The molecule has 1 spiro atoms. The molecule has 226 valence electrons. The summed E-state index contributed by atoms with van der Waals surface area (Å²) < 4.78 is 67.4. The van der Waals surface area contributed by atoms with Crippen LogP contribution in [-0.4, -0.2) is 48.2 Å². The number of aryl methyl sites for hydroxylation is 2. The molecule has 0 amide bonds. The van der Waals surface area contributed by atoms with Gasteiger partial charge in [0.25, 0.3) is 10.0 Å². The quantitative estimate of drug-likeness (QED) is 0.225. The molecule has 1 atom stereocenters. The fourth-order valence-corrected chi connectivity index (χ4v) is 6.32. The molecule has 0 radical (unpaired) electrons. The summed E-state index contributed by atoms with van der Waals surface area (Å²) in [6.45, 7) is 8.17. The predicted molar refractivity (Wildman–Crippen MR) is 165 cm³/mol. The van der Waals surface area contributed by atoms with Crippen LogP contribution in [0.2, 0.25) is 0 Å². The van der Waals surface area contributed by atoms with E-state index in [1.165, 1.54) is 18.2 Å². The Kier molecular flexibility index (Phi) is 7.91. The monoisotopic (exact) mass is 618 g/mol. The SMILES string of the molecule is Cl.[2H]C1([2H])C([2H])([2H])C12CC(N[C@@H](COc1cc(-c3c(C)cccc3C)nc(NS(=O)(=O)c3cccc(C(=O)O)c3)n1)CC(C)C)C2. The number of rotatable bonds is 12. The fraction of sp³-hybridized carbons (Fsp3) is 0.452. The van der Waals surface area contributed by atoms with Crippen molar-refractivity contribution in [1.82, 2.24) is 15.3 Å². The van der Waals surface area contributed by atoms with E-state index in [1.54, 1.807) is 6.07 Å². The minimum Gasteiger partial charge on any atom is -0.478 e. The number of nitrogens with one attached hydrogen (secondary N) is 2. The summed E-state index contributed by atoms with van der Waals surface area (Å²) in [6, 6.07) is 12.2. The van der Waals surface area contributed by atoms with Crippen LogP contribution in [0.4, 0.5) is 5.95 Å². The number of anilines is 1. The Balaban J connectivity index is 0.00000480. The highest BCUT2D eigenvalue weighted by atomic mass is 35.5. The number of sulfonamides is 1. The van der Waals surface area contributed by atoms with Gasteiger partial charge >= 0.3 is 5.97 Å². The molecule has 2 fully saturated rings. The lowest BCUT2D eigenvalue weighted by molar-refractivity contribution is 0.0696. The number of aromatic carboxylic acids is 1. The number of halogens is 1. The van der Waals surface area contributed by atoms with E-state index >= 15 is 0 Å². The molecule has 0 saturated heterocycles. The van der Waals surface area contributed by atoms with Gasteiger partial charge in [-0.2, -0.15) is 4.98 Å². The first kappa shape index (κ1) is 26.4. The molecule has 1 aromatic heterocycles. The van der Waals surface area contributed by atoms with E-state index in [0.29, 0.717) is 24.5 Å². The minimum absolute atomic E-state index is 0. The Bertz CT molecular complexity index is 1700. The molecular weight excluding hydrogens is 576 g/mol. The van der Waals surface area contributed by atoms with Gasteiger partial charge in [-0.3, -0.25) is 0 Å². The summed E-state index contributed by atoms with van der Waals surface area (Å²) in [5.74, 6) is -1.06. The second kappa shape index (κ2) is 12.6. The van der Waals surface area contributed by atoms with Crippen LogP contribution in [0.15, 0.2) is 53.4 Å². The fourth-order valence-electron chi connectivity index (χ4n) is 5.33. The average Bonchev–Trinajstić information content (AvgIpc) is 3.29. The minimum atomic E-state index is -4.26. The van der Waals surface area contributed by atoms with Gasteiger partial charge in [-0.1, -0.05) is 38.1 Å². The third-order valence-corrected chi connectivity index (χ3v) is 8.71. The van der Waals surface area contributed by atoms with Gasteiger partial charge < -0.3 is 15.2 Å². The van der Waals surface area contributed by atoms with Gasteiger partial charge in [-0.05, 0) is 86.5 Å². The van der Waals surface area contributed by atoms with Gasteiger partial charge in [0.05, 0.1) is 16.2 Å². The molecule has 11 heteroatoms. The summed E-state index contributed by atoms with van der Waals surface area (Å²) in [7, 11) is -4.26. The lowest BCUT2D eigenvalue weighted by Crippen LogP contribution is -2.49. The molecule has 1 heterocycles. The van der Waals surface area contributed by atoms with Crippen LogP contribution in [-0.2, 0) is 10.0 Å². The highest BCUT2D eigenvalue weighted by molar-refractivity contribution is 7.92. The van der Waals surface area contributed by atoms with Crippen molar-refractivity contribution < 1.29 is 28.5 Å². The Morgan fingerprint density at radius 1 is 1.12 bits per heavy atom. The summed E-state index contributed by atoms with van der Waals surface area (Å²) in [4.78, 5) is 20.0. The van der Waals surface area contributed by atoms with Crippen LogP contribution in [0.5, 0.6) is 5.88 Å². The first-order chi connectivity index (χ1) is 21.0. The molecule has 2 aliphatic carbocycles. The molecule has 42 heavy (non-hydrogen) atoms. The highest BCUT2D eigenvalue weighted by Gasteiger charge is 2.53. The van der Waals surface area contributed by atoms with Gasteiger partial charge in [0.15, 0.2) is 0 Å². The van der Waals surface area contributed by atoms with E-state index in [2.05, 4.69) is 33.9 Å². The number of hydrogen-bond donors (Lipinski definition) is 3. The molecule has 0 aliphatic heterocycles. The van der Waals surface area contributed by atoms with Crippen molar-refractivity contribution in [2.75, 3.05) is 11.3 Å². The number of hydrogen-bond acceptors (Lipinski definition) is 7. The van der Waals surface area contributed by atoms with Crippen molar-refractivity contribution in [3.63, 3.8) is 0 Å². The second-order valence-electron chi connectivity index (χ2n) is 11.4. The van der Waals surface area contributed by atoms with Crippen molar-refractivity contribution in [2.24, 2.45) is 11.3 Å². The third-order valence-electron chi connectivity index (χ3n) is 7.38. The zero-order valence-electron chi connectivity index (χ0n) is 28.0. The van der Waals surface area contributed by atoms with Crippen molar-refractivity contribution in [2.45, 2.75) is 76.7 Å². The van der Waals surface area contributed by atoms with Crippen LogP contribution in [0.3, 0.4) is 0 Å². The van der Waals surface area contributed by atoms with Gasteiger partial charge in [-0.25, -0.2) is 22.9 Å². The normalized spacial score (nSPS) is 20.2. The van der Waals surface area contributed by atoms with Gasteiger partial charge in [0, 0.05) is 29.2 Å². The number of carboxylic acid groups (broad SMARTS) is 1. The van der Waals surface area contributed by atoms with E-state index in [4.69, 9.17) is 10.2 Å². The molecule has 5 rings (SSSR count). The van der Waals surface area contributed by atoms with Crippen molar-refractivity contribution in [3.8, 4) is 17.1 Å². The van der Waals surface area contributed by atoms with Crippen molar-refractivity contribution >= 4 is 34.3 Å². The molecule has 3 N–H and O–H groups in total. The Hall–Kier alpha value is -3.21. The molecule has 0 unspecified atom stereocenters. The van der Waals surface area contributed by atoms with E-state index < -0.39 is 34.2 Å². The van der Waals surface area contributed by atoms with E-state index in [0.717, 1.165) is 29.2 Å². The molecule has 2 aliphatic rings. The maximum Gasteiger partial charge on any atom is 0.335 e. The summed E-state index contributed by atoms with van der Waals surface area (Å²) in [5.41, 5.74) is 1.95. The van der Waals surface area contributed by atoms with E-state index in [-0.39, 0.29) is 53.4 Å². The molecule has 0 bridgehead atoms. The summed E-state index contributed by atoms with van der Waals surface area (Å²) >= 11 is 0. The third kappa shape index (κ3) is 7.40. The zero-order chi connectivity index (χ0) is 32.9. The summed E-state index contributed by atoms with van der Waals surface area (Å²) in [5, 5.41) is 12.8. The number of ether oxygens (including phenoxy) is 1. The maximum atomic E-state index is 13.3. The largest absolute Gasteiger partial charge is 0.478 e. The molecule has 2 aromatic carbocycles. The van der Waals surface area contributed by atoms with Crippen LogP contribution in [0.1, 0.15) is 72.8 Å². The van der Waals surface area contributed by atoms with Crippen LogP contribution >= 0.6 is 12.4 Å². The zero-order valence-corrected chi connectivity index (χ0v) is 25.6. The predicted octanol–water partition coefficient (Wildman–Crippen LogP) is 6.01. The number of aromatic nitrogens is 2. The van der Waals surface area contributed by atoms with Gasteiger partial charge in [0.1, 0.15) is 6.61 Å². The van der Waals surface area contributed by atoms with Crippen LogP contribution in [0.25, 0.3) is 11.3 Å². The Labute approximate surface area is 259 Å². The molecule has 2 saturated carbocycles. The van der Waals surface area contributed by atoms with Gasteiger partial charge in [-0.15, -0.1) is 12.4 Å². The topological polar surface area (TPSA) is 131 Å². The van der Waals surface area contributed by atoms with E-state index in [1.807, 2.05) is 32.0 Å². The highest BCUT2D eigenvalue weighted by Crippen LogP contribution is 2.60. The number of carboxylic acids is 1. The van der Waals surface area contributed by atoms with Crippen LogP contribution in [0, 0.1) is 25.2 Å². The average molecular weight is 619 g/mol. The first-order valence-corrected chi connectivity index (χ1v) is 15.2. The Morgan fingerprint density at radius 2 is 1.79 bits per heavy atom. The smallest absolute Gasteiger partial charge is 0.335 e. The number of benzene rings is 2.